The molecule has 0 atom stereocenters. The van der Waals surface area contributed by atoms with Crippen LogP contribution in [0.3, 0.4) is 0 Å². The van der Waals surface area contributed by atoms with Gasteiger partial charge in [-0.3, -0.25) is 4.79 Å². The second-order valence-corrected chi connectivity index (χ2v) is 6.69. The molecule has 1 aromatic heterocycles. The van der Waals surface area contributed by atoms with Gasteiger partial charge in [-0.05, 0) is 61.9 Å². The van der Waals surface area contributed by atoms with E-state index in [0.29, 0.717) is 42.8 Å². The maximum atomic E-state index is 12.2. The van der Waals surface area contributed by atoms with Crippen LogP contribution in [0.5, 0.6) is 17.2 Å². The molecule has 168 valence electrons. The molecule has 0 bridgehead atoms. The van der Waals surface area contributed by atoms with Crippen LogP contribution in [-0.2, 0) is 17.9 Å². The van der Waals surface area contributed by atoms with Crippen LogP contribution >= 0.6 is 0 Å². The smallest absolute Gasteiger partial charge is 0.354 e. The van der Waals surface area contributed by atoms with E-state index in [-0.39, 0.29) is 18.1 Å². The van der Waals surface area contributed by atoms with Gasteiger partial charge in [0.15, 0.2) is 11.5 Å². The Morgan fingerprint density at radius 1 is 0.969 bits per heavy atom. The molecule has 2 aromatic carbocycles. The highest BCUT2D eigenvalue weighted by atomic mass is 16.5. The SMILES string of the molecule is CCOc1ccc(COc2ccc(NC(=O)Cn3nccc3C(=O)O)cc2)cc1OCC. The van der Waals surface area contributed by atoms with E-state index in [1.807, 2.05) is 32.0 Å². The molecule has 0 spiro atoms. The first-order valence-corrected chi connectivity index (χ1v) is 10.2. The Kier molecular flexibility index (Phi) is 7.69. The Morgan fingerprint density at radius 2 is 1.69 bits per heavy atom. The number of nitrogens with one attached hydrogen (secondary N) is 1. The molecule has 0 radical (unpaired) electrons. The monoisotopic (exact) mass is 439 g/mol. The summed E-state index contributed by atoms with van der Waals surface area (Å²) in [6.45, 7) is 5.07. The van der Waals surface area contributed by atoms with Crippen LogP contribution < -0.4 is 19.5 Å². The number of aromatic carboxylic acids is 1. The largest absolute Gasteiger partial charge is 0.490 e. The minimum absolute atomic E-state index is 0.0503. The second kappa shape index (κ2) is 10.9. The number of aromatic nitrogens is 2. The molecule has 0 saturated carbocycles. The normalized spacial score (nSPS) is 10.4. The zero-order valence-electron chi connectivity index (χ0n) is 17.9. The fraction of sp³-hybridized carbons (Fsp3) is 0.261. The van der Waals surface area contributed by atoms with Crippen molar-refractivity contribution in [3.8, 4) is 17.2 Å². The van der Waals surface area contributed by atoms with Gasteiger partial charge in [0.05, 0.1) is 13.2 Å². The van der Waals surface area contributed by atoms with Gasteiger partial charge < -0.3 is 24.6 Å². The molecule has 0 aliphatic rings. The molecule has 1 amide bonds. The number of carboxylic acids is 1. The summed E-state index contributed by atoms with van der Waals surface area (Å²) in [6.07, 6.45) is 1.34. The van der Waals surface area contributed by atoms with Gasteiger partial charge in [0.1, 0.15) is 24.6 Å². The van der Waals surface area contributed by atoms with E-state index in [9.17, 15) is 9.59 Å². The average molecular weight is 439 g/mol. The number of carbonyl (C=O) groups is 2. The number of hydrogen-bond donors (Lipinski definition) is 2. The van der Waals surface area contributed by atoms with Gasteiger partial charge in [0.2, 0.25) is 5.91 Å². The topological polar surface area (TPSA) is 112 Å². The Hall–Kier alpha value is -4.01. The predicted octanol–water partition coefficient (Wildman–Crippen LogP) is 3.60. The Bertz CT molecular complexity index is 1060. The number of hydrogen-bond acceptors (Lipinski definition) is 6. The van der Waals surface area contributed by atoms with Gasteiger partial charge in [0.25, 0.3) is 0 Å². The van der Waals surface area contributed by atoms with Crippen molar-refractivity contribution < 1.29 is 28.9 Å². The average Bonchev–Trinajstić information content (AvgIpc) is 3.23. The van der Waals surface area contributed by atoms with Crippen molar-refractivity contribution in [2.45, 2.75) is 27.0 Å². The van der Waals surface area contributed by atoms with E-state index in [1.54, 1.807) is 24.3 Å². The second-order valence-electron chi connectivity index (χ2n) is 6.69. The number of ether oxygens (including phenoxy) is 3. The molecule has 3 rings (SSSR count). The fourth-order valence-electron chi connectivity index (χ4n) is 2.96. The molecule has 1 heterocycles. The summed E-state index contributed by atoms with van der Waals surface area (Å²) in [7, 11) is 0. The van der Waals surface area contributed by atoms with Crippen molar-refractivity contribution in [1.82, 2.24) is 9.78 Å². The molecule has 32 heavy (non-hydrogen) atoms. The molecule has 9 heteroatoms. The third-order valence-electron chi connectivity index (χ3n) is 4.38. The zero-order chi connectivity index (χ0) is 22.9. The van der Waals surface area contributed by atoms with Gasteiger partial charge in [-0.25, -0.2) is 9.48 Å². The number of rotatable bonds is 11. The molecule has 3 aromatic rings. The van der Waals surface area contributed by atoms with E-state index < -0.39 is 5.97 Å². The quantitative estimate of drug-likeness (QED) is 0.469. The van der Waals surface area contributed by atoms with E-state index >= 15 is 0 Å². The number of carbonyl (C=O) groups excluding carboxylic acids is 1. The van der Waals surface area contributed by atoms with Crippen molar-refractivity contribution in [2.24, 2.45) is 0 Å². The van der Waals surface area contributed by atoms with Crippen LogP contribution in [0, 0.1) is 0 Å². The van der Waals surface area contributed by atoms with E-state index in [2.05, 4.69) is 10.4 Å². The molecule has 0 aliphatic carbocycles. The maximum Gasteiger partial charge on any atom is 0.354 e. The Morgan fingerprint density at radius 3 is 2.38 bits per heavy atom. The van der Waals surface area contributed by atoms with Gasteiger partial charge in [-0.15, -0.1) is 0 Å². The first kappa shape index (κ1) is 22.7. The molecule has 0 unspecified atom stereocenters. The predicted molar refractivity (Wildman–Crippen MR) is 117 cm³/mol. The van der Waals surface area contributed by atoms with Gasteiger partial charge in [-0.2, -0.15) is 5.10 Å². The van der Waals surface area contributed by atoms with E-state index in [1.165, 1.54) is 12.3 Å². The molecular weight excluding hydrogens is 414 g/mol. The number of benzene rings is 2. The number of nitrogens with zero attached hydrogens (tertiary/aromatic N) is 2. The van der Waals surface area contributed by atoms with Gasteiger partial charge >= 0.3 is 5.97 Å². The lowest BCUT2D eigenvalue weighted by Gasteiger charge is -2.13. The number of anilines is 1. The summed E-state index contributed by atoms with van der Waals surface area (Å²) in [6, 6.07) is 13.9. The van der Waals surface area contributed by atoms with E-state index in [0.717, 1.165) is 10.2 Å². The van der Waals surface area contributed by atoms with Crippen LogP contribution in [0.25, 0.3) is 0 Å². The van der Waals surface area contributed by atoms with Gasteiger partial charge in [0, 0.05) is 11.9 Å². The minimum atomic E-state index is -1.14. The van der Waals surface area contributed by atoms with Crippen LogP contribution in [0.1, 0.15) is 29.9 Å². The summed E-state index contributed by atoms with van der Waals surface area (Å²) >= 11 is 0. The number of amides is 1. The summed E-state index contributed by atoms with van der Waals surface area (Å²) in [5, 5.41) is 15.6. The van der Waals surface area contributed by atoms with Crippen LogP contribution in [0.15, 0.2) is 54.7 Å². The molecule has 9 nitrogen and oxygen atoms in total. The maximum absolute atomic E-state index is 12.2. The molecule has 2 N–H and O–H groups in total. The van der Waals surface area contributed by atoms with Crippen LogP contribution in [0.4, 0.5) is 5.69 Å². The van der Waals surface area contributed by atoms with Crippen LogP contribution in [-0.4, -0.2) is 40.0 Å². The highest BCUT2D eigenvalue weighted by Crippen LogP contribution is 2.29. The lowest BCUT2D eigenvalue weighted by Crippen LogP contribution is -2.22. The molecular formula is C23H25N3O6. The minimum Gasteiger partial charge on any atom is -0.490 e. The number of carboxylic acid groups (broad SMARTS) is 1. The molecule has 0 fully saturated rings. The summed E-state index contributed by atoms with van der Waals surface area (Å²) in [4.78, 5) is 23.3. The van der Waals surface area contributed by atoms with Crippen molar-refractivity contribution in [2.75, 3.05) is 18.5 Å². The van der Waals surface area contributed by atoms with Gasteiger partial charge in [-0.1, -0.05) is 6.07 Å². The van der Waals surface area contributed by atoms with Crippen molar-refractivity contribution >= 4 is 17.6 Å². The third-order valence-corrected chi connectivity index (χ3v) is 4.38. The third kappa shape index (κ3) is 6.00. The Balaban J connectivity index is 1.55. The summed E-state index contributed by atoms with van der Waals surface area (Å²) < 4.78 is 18.2. The Labute approximate surface area is 185 Å². The lowest BCUT2D eigenvalue weighted by molar-refractivity contribution is -0.116. The lowest BCUT2D eigenvalue weighted by atomic mass is 10.2. The van der Waals surface area contributed by atoms with E-state index in [4.69, 9.17) is 19.3 Å². The standard InChI is InChI=1S/C23H25N3O6/c1-3-30-20-10-5-16(13-21(20)31-4-2)15-32-18-8-6-17(7-9-18)25-22(27)14-26-19(23(28)29)11-12-24-26/h5-13H,3-4,14-15H2,1-2H3,(H,25,27)(H,28,29). The first-order chi connectivity index (χ1) is 15.5. The molecule has 0 aliphatic heterocycles. The molecule has 0 saturated heterocycles. The highest BCUT2D eigenvalue weighted by molar-refractivity contribution is 5.92. The zero-order valence-corrected chi connectivity index (χ0v) is 17.9. The highest BCUT2D eigenvalue weighted by Gasteiger charge is 2.13. The summed E-state index contributed by atoms with van der Waals surface area (Å²) in [5.74, 6) is 0.482. The van der Waals surface area contributed by atoms with Crippen molar-refractivity contribution in [3.05, 3.63) is 66.0 Å². The summed E-state index contributed by atoms with van der Waals surface area (Å²) in [5.41, 5.74) is 1.44. The van der Waals surface area contributed by atoms with Crippen molar-refractivity contribution in [3.63, 3.8) is 0 Å². The van der Waals surface area contributed by atoms with Crippen LogP contribution in [0.2, 0.25) is 0 Å². The first-order valence-electron chi connectivity index (χ1n) is 10.2. The van der Waals surface area contributed by atoms with Crippen molar-refractivity contribution in [1.29, 1.82) is 0 Å². The fourth-order valence-corrected chi connectivity index (χ4v) is 2.96.